The van der Waals surface area contributed by atoms with Gasteiger partial charge in [0.05, 0.1) is 0 Å². The average Bonchev–Trinajstić information content (AvgIpc) is 2.48. The minimum atomic E-state index is -0.291. The molecule has 1 aromatic carbocycles. The third kappa shape index (κ3) is 3.38. The maximum Gasteiger partial charge on any atom is 0.256 e. The molecule has 0 spiro atoms. The van der Waals surface area contributed by atoms with Crippen LogP contribution in [-0.4, -0.2) is 24.7 Å². The topological polar surface area (TPSA) is 55.6 Å². The van der Waals surface area contributed by atoms with Gasteiger partial charge in [-0.15, -0.1) is 0 Å². The van der Waals surface area contributed by atoms with Crippen LogP contribution < -0.4 is 10.6 Å². The molecular formula is C16H24N2O2. The Hall–Kier alpha value is -1.39. The van der Waals surface area contributed by atoms with Gasteiger partial charge in [0.15, 0.2) is 0 Å². The standard InChI is InChI=1S/C16H24N2O2/c1-12(2)18(14-8-6-13(11-17)7-9-14)16(19)15-5-3-4-10-20-15/h6-9,12,15H,3-5,10-11,17H2,1-2H3. The van der Waals surface area contributed by atoms with Crippen molar-refractivity contribution in [3.05, 3.63) is 29.8 Å². The van der Waals surface area contributed by atoms with Gasteiger partial charge in [-0.1, -0.05) is 12.1 Å². The summed E-state index contributed by atoms with van der Waals surface area (Å²) in [4.78, 5) is 14.5. The smallest absolute Gasteiger partial charge is 0.256 e. The van der Waals surface area contributed by atoms with Crippen LogP contribution in [0.3, 0.4) is 0 Å². The van der Waals surface area contributed by atoms with Crippen molar-refractivity contribution in [2.75, 3.05) is 11.5 Å². The Morgan fingerprint density at radius 2 is 2.05 bits per heavy atom. The van der Waals surface area contributed by atoms with Gasteiger partial charge in [-0.25, -0.2) is 0 Å². The first-order valence-electron chi connectivity index (χ1n) is 7.37. The minimum Gasteiger partial charge on any atom is -0.368 e. The number of carbonyl (C=O) groups excluding carboxylic acids is 1. The fraction of sp³-hybridized carbons (Fsp3) is 0.562. The molecule has 1 fully saturated rings. The summed E-state index contributed by atoms with van der Waals surface area (Å²) in [6, 6.07) is 7.97. The highest BCUT2D eigenvalue weighted by Gasteiger charge is 2.29. The van der Waals surface area contributed by atoms with Crippen LogP contribution in [0.2, 0.25) is 0 Å². The number of nitrogens with zero attached hydrogens (tertiary/aromatic N) is 1. The largest absolute Gasteiger partial charge is 0.368 e. The second-order valence-electron chi connectivity index (χ2n) is 5.53. The molecule has 110 valence electrons. The van der Waals surface area contributed by atoms with E-state index in [1.165, 1.54) is 0 Å². The van der Waals surface area contributed by atoms with Crippen LogP contribution in [0.25, 0.3) is 0 Å². The molecule has 2 rings (SSSR count). The lowest BCUT2D eigenvalue weighted by Gasteiger charge is -2.32. The predicted molar refractivity (Wildman–Crippen MR) is 80.5 cm³/mol. The first kappa shape index (κ1) is 15.0. The summed E-state index contributed by atoms with van der Waals surface area (Å²) in [5, 5.41) is 0. The fourth-order valence-corrected chi connectivity index (χ4v) is 2.56. The van der Waals surface area contributed by atoms with Crippen molar-refractivity contribution in [3.8, 4) is 0 Å². The lowest BCUT2D eigenvalue weighted by molar-refractivity contribution is -0.133. The zero-order valence-corrected chi connectivity index (χ0v) is 12.3. The summed E-state index contributed by atoms with van der Waals surface area (Å²) < 4.78 is 5.63. The zero-order valence-electron chi connectivity index (χ0n) is 12.3. The van der Waals surface area contributed by atoms with Crippen LogP contribution in [0, 0.1) is 0 Å². The molecule has 1 heterocycles. The Kier molecular flexibility index (Phi) is 5.15. The monoisotopic (exact) mass is 276 g/mol. The first-order chi connectivity index (χ1) is 9.63. The molecule has 1 aromatic rings. The summed E-state index contributed by atoms with van der Waals surface area (Å²) in [5.74, 6) is 0.0696. The van der Waals surface area contributed by atoms with Crippen LogP contribution in [0.15, 0.2) is 24.3 Å². The molecule has 1 amide bonds. The highest BCUT2D eigenvalue weighted by molar-refractivity contribution is 5.97. The molecule has 0 aromatic heterocycles. The summed E-state index contributed by atoms with van der Waals surface area (Å²) in [6.45, 7) is 5.26. The van der Waals surface area contributed by atoms with Crippen molar-refractivity contribution in [1.82, 2.24) is 0 Å². The number of nitrogens with two attached hydrogens (primary N) is 1. The molecule has 2 N–H and O–H groups in total. The number of amides is 1. The minimum absolute atomic E-state index is 0.0696. The third-order valence-electron chi connectivity index (χ3n) is 3.66. The van der Waals surface area contributed by atoms with Gasteiger partial charge in [-0.2, -0.15) is 0 Å². The normalized spacial score (nSPS) is 19.1. The van der Waals surface area contributed by atoms with Crippen molar-refractivity contribution in [2.45, 2.75) is 51.8 Å². The zero-order chi connectivity index (χ0) is 14.5. The molecule has 0 saturated carbocycles. The number of anilines is 1. The molecule has 1 saturated heterocycles. The summed E-state index contributed by atoms with van der Waals surface area (Å²) in [7, 11) is 0. The van der Waals surface area contributed by atoms with E-state index in [0.717, 1.165) is 30.5 Å². The number of hydrogen-bond donors (Lipinski definition) is 1. The maximum atomic E-state index is 12.7. The van der Waals surface area contributed by atoms with E-state index in [9.17, 15) is 4.79 Å². The molecule has 1 atom stereocenters. The lowest BCUT2D eigenvalue weighted by Crippen LogP contribution is -2.45. The molecule has 0 aliphatic carbocycles. The first-order valence-corrected chi connectivity index (χ1v) is 7.37. The summed E-state index contributed by atoms with van der Waals surface area (Å²) in [5.41, 5.74) is 7.59. The summed E-state index contributed by atoms with van der Waals surface area (Å²) in [6.07, 6.45) is 2.65. The van der Waals surface area contributed by atoms with Gasteiger partial charge in [-0.05, 0) is 50.8 Å². The lowest BCUT2D eigenvalue weighted by atomic mass is 10.1. The Balaban J connectivity index is 2.18. The van der Waals surface area contributed by atoms with Crippen LogP contribution in [0.4, 0.5) is 5.69 Å². The molecule has 0 bridgehead atoms. The quantitative estimate of drug-likeness (QED) is 0.919. The molecule has 0 radical (unpaired) electrons. The van der Waals surface area contributed by atoms with Gasteiger partial charge in [0.2, 0.25) is 0 Å². The van der Waals surface area contributed by atoms with E-state index in [2.05, 4.69) is 0 Å². The molecule has 4 heteroatoms. The number of rotatable bonds is 4. The number of ether oxygens (including phenoxy) is 1. The van der Waals surface area contributed by atoms with Gasteiger partial charge in [-0.3, -0.25) is 4.79 Å². The van der Waals surface area contributed by atoms with E-state index in [1.807, 2.05) is 43.0 Å². The molecular weight excluding hydrogens is 252 g/mol. The van der Waals surface area contributed by atoms with E-state index < -0.39 is 0 Å². The number of benzene rings is 1. The second-order valence-corrected chi connectivity index (χ2v) is 5.53. The average molecular weight is 276 g/mol. The van der Waals surface area contributed by atoms with E-state index in [0.29, 0.717) is 13.2 Å². The Labute approximate surface area is 120 Å². The predicted octanol–water partition coefficient (Wildman–Crippen LogP) is 2.46. The van der Waals surface area contributed by atoms with Crippen LogP contribution in [0.5, 0.6) is 0 Å². The molecule has 20 heavy (non-hydrogen) atoms. The van der Waals surface area contributed by atoms with E-state index in [4.69, 9.17) is 10.5 Å². The van der Waals surface area contributed by atoms with Gasteiger partial charge in [0.25, 0.3) is 5.91 Å². The van der Waals surface area contributed by atoms with Crippen molar-refractivity contribution in [2.24, 2.45) is 5.73 Å². The van der Waals surface area contributed by atoms with Crippen molar-refractivity contribution < 1.29 is 9.53 Å². The third-order valence-corrected chi connectivity index (χ3v) is 3.66. The number of hydrogen-bond acceptors (Lipinski definition) is 3. The van der Waals surface area contributed by atoms with Crippen molar-refractivity contribution in [1.29, 1.82) is 0 Å². The fourth-order valence-electron chi connectivity index (χ4n) is 2.56. The Morgan fingerprint density at radius 1 is 1.35 bits per heavy atom. The Morgan fingerprint density at radius 3 is 2.55 bits per heavy atom. The summed E-state index contributed by atoms with van der Waals surface area (Å²) >= 11 is 0. The van der Waals surface area contributed by atoms with Gasteiger partial charge < -0.3 is 15.4 Å². The highest BCUT2D eigenvalue weighted by Crippen LogP contribution is 2.23. The van der Waals surface area contributed by atoms with Gasteiger partial charge in [0, 0.05) is 24.9 Å². The van der Waals surface area contributed by atoms with Crippen LogP contribution >= 0.6 is 0 Å². The van der Waals surface area contributed by atoms with E-state index in [1.54, 1.807) is 0 Å². The molecule has 4 nitrogen and oxygen atoms in total. The van der Waals surface area contributed by atoms with Crippen molar-refractivity contribution in [3.63, 3.8) is 0 Å². The SMILES string of the molecule is CC(C)N(C(=O)C1CCCCO1)c1ccc(CN)cc1. The maximum absolute atomic E-state index is 12.7. The van der Waals surface area contributed by atoms with Crippen molar-refractivity contribution >= 4 is 11.6 Å². The van der Waals surface area contributed by atoms with Gasteiger partial charge in [0.1, 0.15) is 6.10 Å². The molecule has 1 aliphatic rings. The second kappa shape index (κ2) is 6.86. The number of carbonyl (C=O) groups is 1. The van der Waals surface area contributed by atoms with E-state index in [-0.39, 0.29) is 18.1 Å². The molecule has 1 unspecified atom stereocenters. The Bertz CT molecular complexity index is 436. The van der Waals surface area contributed by atoms with Gasteiger partial charge >= 0.3 is 0 Å². The highest BCUT2D eigenvalue weighted by atomic mass is 16.5. The molecule has 1 aliphatic heterocycles. The van der Waals surface area contributed by atoms with Crippen LogP contribution in [-0.2, 0) is 16.1 Å². The van der Waals surface area contributed by atoms with E-state index >= 15 is 0 Å². The van der Waals surface area contributed by atoms with Crippen LogP contribution in [0.1, 0.15) is 38.7 Å².